The van der Waals surface area contributed by atoms with Crippen molar-refractivity contribution in [2.24, 2.45) is 0 Å². The van der Waals surface area contributed by atoms with Crippen LogP contribution in [0.3, 0.4) is 0 Å². The Morgan fingerprint density at radius 1 is 1.19 bits per heavy atom. The average molecular weight is 356 g/mol. The number of hydrogen-bond donors (Lipinski definition) is 1. The van der Waals surface area contributed by atoms with E-state index in [1.165, 1.54) is 0 Å². The number of anilines is 2. The lowest BCUT2D eigenvalue weighted by Gasteiger charge is -2.34. The predicted octanol–water partition coefficient (Wildman–Crippen LogP) is 0.490. The first-order chi connectivity index (χ1) is 12.6. The van der Waals surface area contributed by atoms with Crippen molar-refractivity contribution < 1.29 is 9.32 Å². The number of nitrogens with one attached hydrogen (secondary N) is 1. The summed E-state index contributed by atoms with van der Waals surface area (Å²) in [6.07, 6.45) is 0. The molecule has 0 saturated carbocycles. The molecule has 1 aliphatic rings. The predicted molar refractivity (Wildman–Crippen MR) is 94.0 cm³/mol. The summed E-state index contributed by atoms with van der Waals surface area (Å²) in [6.45, 7) is 7.17. The summed E-state index contributed by atoms with van der Waals surface area (Å²) in [5, 5.41) is 19.2. The highest BCUT2D eigenvalue weighted by Crippen LogP contribution is 2.15. The van der Waals surface area contributed by atoms with Crippen LogP contribution in [0.4, 0.5) is 11.6 Å². The van der Waals surface area contributed by atoms with Gasteiger partial charge in [-0.1, -0.05) is 5.16 Å². The van der Waals surface area contributed by atoms with E-state index in [9.17, 15) is 4.79 Å². The molecule has 4 heterocycles. The lowest BCUT2D eigenvalue weighted by atomic mass is 10.3. The molecule has 0 radical (unpaired) electrons. The number of nitrogens with zero attached hydrogens (tertiary/aromatic N) is 7. The van der Waals surface area contributed by atoms with Gasteiger partial charge in [-0.3, -0.25) is 9.69 Å². The van der Waals surface area contributed by atoms with Gasteiger partial charge >= 0.3 is 0 Å². The highest BCUT2D eigenvalue weighted by Gasteiger charge is 2.21. The van der Waals surface area contributed by atoms with E-state index in [0.29, 0.717) is 18.1 Å². The first kappa shape index (κ1) is 16.5. The van der Waals surface area contributed by atoms with Crippen LogP contribution in [0, 0.1) is 13.8 Å². The summed E-state index contributed by atoms with van der Waals surface area (Å²) in [5.74, 6) is 2.68. The van der Waals surface area contributed by atoms with Crippen LogP contribution in [-0.4, -0.2) is 68.5 Å². The standard InChI is InChI=1S/C16H20N8O2/c1-11-9-13(21-26-11)17-16(25)10-22-5-7-23(8-6-22)15-4-3-14-19-18-12(2)24(14)20-15/h3-4,9H,5-8,10H2,1-2H3,(H,17,21,25). The minimum absolute atomic E-state index is 0.0913. The molecule has 0 unspecified atom stereocenters. The Hall–Kier alpha value is -3.01. The number of hydrogen-bond acceptors (Lipinski definition) is 8. The molecule has 1 fully saturated rings. The summed E-state index contributed by atoms with van der Waals surface area (Å²) < 4.78 is 6.69. The number of carbonyl (C=O) groups excluding carboxylic acids is 1. The van der Waals surface area contributed by atoms with Crippen LogP contribution in [0.2, 0.25) is 0 Å². The number of carbonyl (C=O) groups is 1. The van der Waals surface area contributed by atoms with Crippen molar-refractivity contribution in [3.63, 3.8) is 0 Å². The molecular formula is C16H20N8O2. The minimum atomic E-state index is -0.0913. The van der Waals surface area contributed by atoms with Gasteiger partial charge < -0.3 is 14.7 Å². The molecule has 0 aromatic carbocycles. The van der Waals surface area contributed by atoms with E-state index in [2.05, 4.69) is 35.6 Å². The molecule has 0 spiro atoms. The summed E-state index contributed by atoms with van der Waals surface area (Å²) in [7, 11) is 0. The Morgan fingerprint density at radius 2 is 2.00 bits per heavy atom. The Bertz CT molecular complexity index is 925. The molecule has 136 valence electrons. The molecule has 0 atom stereocenters. The third kappa shape index (κ3) is 3.36. The van der Waals surface area contributed by atoms with Crippen molar-refractivity contribution >= 4 is 23.2 Å². The molecular weight excluding hydrogens is 336 g/mol. The number of piperazine rings is 1. The van der Waals surface area contributed by atoms with Gasteiger partial charge in [-0.15, -0.1) is 15.3 Å². The summed E-state index contributed by atoms with van der Waals surface area (Å²) in [5.41, 5.74) is 0.740. The van der Waals surface area contributed by atoms with E-state index in [0.717, 1.165) is 43.5 Å². The maximum Gasteiger partial charge on any atom is 0.239 e. The highest BCUT2D eigenvalue weighted by atomic mass is 16.5. The topological polar surface area (TPSA) is 105 Å². The fourth-order valence-corrected chi connectivity index (χ4v) is 3.00. The van der Waals surface area contributed by atoms with Gasteiger partial charge in [-0.25, -0.2) is 0 Å². The SMILES string of the molecule is Cc1cc(NC(=O)CN2CCN(c3ccc4nnc(C)n4n3)CC2)no1. The summed E-state index contributed by atoms with van der Waals surface area (Å²) >= 11 is 0. The second-order valence-corrected chi connectivity index (χ2v) is 6.34. The molecule has 1 N–H and O–H groups in total. The average Bonchev–Trinajstić information content (AvgIpc) is 3.21. The molecule has 0 aliphatic carbocycles. The van der Waals surface area contributed by atoms with E-state index in [4.69, 9.17) is 4.52 Å². The zero-order valence-corrected chi connectivity index (χ0v) is 14.7. The summed E-state index contributed by atoms with van der Waals surface area (Å²) in [4.78, 5) is 16.4. The van der Waals surface area contributed by atoms with Crippen LogP contribution in [0.5, 0.6) is 0 Å². The van der Waals surface area contributed by atoms with Crippen LogP contribution in [-0.2, 0) is 4.79 Å². The number of aromatic nitrogens is 5. The second-order valence-electron chi connectivity index (χ2n) is 6.34. The Morgan fingerprint density at radius 3 is 2.73 bits per heavy atom. The van der Waals surface area contributed by atoms with Gasteiger partial charge in [-0.05, 0) is 26.0 Å². The molecule has 3 aromatic rings. The van der Waals surface area contributed by atoms with E-state index in [-0.39, 0.29) is 5.91 Å². The van der Waals surface area contributed by atoms with Crippen molar-refractivity contribution in [2.45, 2.75) is 13.8 Å². The molecule has 3 aromatic heterocycles. The van der Waals surface area contributed by atoms with Crippen LogP contribution in [0.1, 0.15) is 11.6 Å². The quantitative estimate of drug-likeness (QED) is 0.720. The van der Waals surface area contributed by atoms with Crippen molar-refractivity contribution in [1.29, 1.82) is 0 Å². The van der Waals surface area contributed by atoms with Gasteiger partial charge in [0, 0.05) is 32.2 Å². The number of fused-ring (bicyclic) bond motifs is 1. The number of aryl methyl sites for hydroxylation is 2. The van der Waals surface area contributed by atoms with Crippen LogP contribution in [0.15, 0.2) is 22.7 Å². The van der Waals surface area contributed by atoms with Crippen LogP contribution >= 0.6 is 0 Å². The molecule has 26 heavy (non-hydrogen) atoms. The van der Waals surface area contributed by atoms with Crippen molar-refractivity contribution in [1.82, 2.24) is 29.9 Å². The second kappa shape index (κ2) is 6.71. The zero-order chi connectivity index (χ0) is 18.1. The van der Waals surface area contributed by atoms with E-state index in [1.54, 1.807) is 17.5 Å². The van der Waals surface area contributed by atoms with Gasteiger partial charge in [0.1, 0.15) is 11.6 Å². The molecule has 0 bridgehead atoms. The first-order valence-corrected chi connectivity index (χ1v) is 8.48. The van der Waals surface area contributed by atoms with E-state index < -0.39 is 0 Å². The largest absolute Gasteiger partial charge is 0.360 e. The van der Waals surface area contributed by atoms with Crippen molar-refractivity contribution in [2.75, 3.05) is 42.9 Å². The lowest BCUT2D eigenvalue weighted by Crippen LogP contribution is -2.49. The third-order valence-electron chi connectivity index (χ3n) is 4.36. The molecule has 4 rings (SSSR count). The monoisotopic (exact) mass is 356 g/mol. The maximum absolute atomic E-state index is 12.1. The Labute approximate surface area is 149 Å². The summed E-state index contributed by atoms with van der Waals surface area (Å²) in [6, 6.07) is 5.57. The smallest absolute Gasteiger partial charge is 0.239 e. The van der Waals surface area contributed by atoms with Gasteiger partial charge in [0.15, 0.2) is 17.3 Å². The van der Waals surface area contributed by atoms with Crippen molar-refractivity contribution in [3.05, 3.63) is 29.8 Å². The zero-order valence-electron chi connectivity index (χ0n) is 14.7. The number of rotatable bonds is 4. The Kier molecular flexibility index (Phi) is 4.25. The van der Waals surface area contributed by atoms with Gasteiger partial charge in [0.2, 0.25) is 5.91 Å². The lowest BCUT2D eigenvalue weighted by molar-refractivity contribution is -0.117. The molecule has 10 heteroatoms. The van der Waals surface area contributed by atoms with E-state index >= 15 is 0 Å². The molecule has 1 aliphatic heterocycles. The van der Waals surface area contributed by atoms with Gasteiger partial charge in [0.25, 0.3) is 0 Å². The normalized spacial score (nSPS) is 15.5. The number of amides is 1. The minimum Gasteiger partial charge on any atom is -0.360 e. The van der Waals surface area contributed by atoms with Crippen LogP contribution in [0.25, 0.3) is 5.65 Å². The maximum atomic E-state index is 12.1. The third-order valence-corrected chi connectivity index (χ3v) is 4.36. The fourth-order valence-electron chi connectivity index (χ4n) is 3.00. The molecule has 10 nitrogen and oxygen atoms in total. The van der Waals surface area contributed by atoms with Crippen LogP contribution < -0.4 is 10.2 Å². The van der Waals surface area contributed by atoms with E-state index in [1.807, 2.05) is 19.1 Å². The first-order valence-electron chi connectivity index (χ1n) is 8.48. The molecule has 1 saturated heterocycles. The highest BCUT2D eigenvalue weighted by molar-refractivity contribution is 5.91. The fraction of sp³-hybridized carbons (Fsp3) is 0.438. The van der Waals surface area contributed by atoms with Gasteiger partial charge in [0.05, 0.1) is 6.54 Å². The van der Waals surface area contributed by atoms with Gasteiger partial charge in [-0.2, -0.15) is 4.52 Å². The Balaban J connectivity index is 1.33. The van der Waals surface area contributed by atoms with Crippen molar-refractivity contribution in [3.8, 4) is 0 Å². The molecule has 1 amide bonds.